The van der Waals surface area contributed by atoms with Gasteiger partial charge < -0.3 is 14.2 Å². The van der Waals surface area contributed by atoms with E-state index in [1.165, 1.54) is 4.90 Å². The number of hydrogen-bond donors (Lipinski definition) is 0. The summed E-state index contributed by atoms with van der Waals surface area (Å²) < 4.78 is 10.7. The van der Waals surface area contributed by atoms with E-state index < -0.39 is 6.23 Å². The second-order valence-electron chi connectivity index (χ2n) is 6.46. The van der Waals surface area contributed by atoms with Gasteiger partial charge in [-0.15, -0.1) is 0 Å². The molecule has 1 aromatic heterocycles. The number of anilines is 1. The van der Waals surface area contributed by atoms with Crippen LogP contribution in [0.25, 0.3) is 0 Å². The van der Waals surface area contributed by atoms with Crippen molar-refractivity contribution in [1.82, 2.24) is 10.1 Å². The Kier molecular flexibility index (Phi) is 4.44. The van der Waals surface area contributed by atoms with E-state index in [0.717, 1.165) is 0 Å². The first-order chi connectivity index (χ1) is 10.2. The van der Waals surface area contributed by atoms with Crippen molar-refractivity contribution in [2.24, 2.45) is 0 Å². The second-order valence-corrected chi connectivity index (χ2v) is 6.46. The Morgan fingerprint density at radius 1 is 1.50 bits per heavy atom. The zero-order chi connectivity index (χ0) is 16.5. The van der Waals surface area contributed by atoms with E-state index in [9.17, 15) is 9.59 Å². The maximum absolute atomic E-state index is 12.4. The summed E-state index contributed by atoms with van der Waals surface area (Å²) in [5.74, 6) is 0.700. The van der Waals surface area contributed by atoms with E-state index in [4.69, 9.17) is 9.26 Å². The second kappa shape index (κ2) is 5.98. The molecule has 1 fully saturated rings. The van der Waals surface area contributed by atoms with Gasteiger partial charge in [-0.05, 0) is 0 Å². The molecule has 22 heavy (non-hydrogen) atoms. The number of esters is 1. The van der Waals surface area contributed by atoms with Crippen LogP contribution in [-0.4, -0.2) is 41.9 Å². The highest BCUT2D eigenvalue weighted by molar-refractivity contribution is 5.92. The van der Waals surface area contributed by atoms with Crippen molar-refractivity contribution in [1.29, 1.82) is 0 Å². The van der Waals surface area contributed by atoms with E-state index in [0.29, 0.717) is 24.5 Å². The van der Waals surface area contributed by atoms with Crippen molar-refractivity contribution in [3.05, 3.63) is 11.8 Å². The molecule has 0 saturated carbocycles. The fourth-order valence-electron chi connectivity index (χ4n) is 2.16. The SMILES string of the molecule is CCC(=O)OC1CCN(C)C(=O)N1c1cc(C(C)(C)C)on1. The monoisotopic (exact) mass is 309 g/mol. The molecule has 0 aliphatic carbocycles. The number of rotatable bonds is 3. The van der Waals surface area contributed by atoms with Crippen LogP contribution < -0.4 is 4.90 Å². The van der Waals surface area contributed by atoms with Crippen molar-refractivity contribution in [3.63, 3.8) is 0 Å². The first kappa shape index (κ1) is 16.3. The van der Waals surface area contributed by atoms with Crippen LogP contribution in [0.15, 0.2) is 10.6 Å². The molecule has 0 radical (unpaired) electrons. The molecule has 2 heterocycles. The Hall–Kier alpha value is -2.05. The summed E-state index contributed by atoms with van der Waals surface area (Å²) in [6.45, 7) is 8.24. The fraction of sp³-hybridized carbons (Fsp3) is 0.667. The van der Waals surface area contributed by atoms with Gasteiger partial charge in [0.25, 0.3) is 0 Å². The molecule has 0 aromatic carbocycles. The van der Waals surface area contributed by atoms with E-state index in [-0.39, 0.29) is 23.8 Å². The summed E-state index contributed by atoms with van der Waals surface area (Å²) in [6.07, 6.45) is 0.153. The molecule has 0 bridgehead atoms. The Morgan fingerprint density at radius 3 is 2.73 bits per heavy atom. The Labute approximate surface area is 130 Å². The van der Waals surface area contributed by atoms with Crippen LogP contribution in [0.3, 0.4) is 0 Å². The van der Waals surface area contributed by atoms with Crippen molar-refractivity contribution in [3.8, 4) is 0 Å². The van der Waals surface area contributed by atoms with Gasteiger partial charge in [0.2, 0.25) is 0 Å². The molecule has 0 spiro atoms. The zero-order valence-electron chi connectivity index (χ0n) is 13.8. The van der Waals surface area contributed by atoms with Crippen LogP contribution in [0.4, 0.5) is 10.6 Å². The first-order valence-electron chi connectivity index (χ1n) is 7.45. The van der Waals surface area contributed by atoms with Gasteiger partial charge >= 0.3 is 12.0 Å². The topological polar surface area (TPSA) is 75.9 Å². The molecule has 2 rings (SSSR count). The molecule has 122 valence electrons. The molecule has 1 aliphatic rings. The Balaban J connectivity index is 2.30. The van der Waals surface area contributed by atoms with E-state index >= 15 is 0 Å². The molecule has 1 atom stereocenters. The van der Waals surface area contributed by atoms with Gasteiger partial charge in [0.15, 0.2) is 12.0 Å². The molecule has 7 nitrogen and oxygen atoms in total. The van der Waals surface area contributed by atoms with Gasteiger partial charge in [-0.1, -0.05) is 32.9 Å². The predicted molar refractivity (Wildman–Crippen MR) is 80.5 cm³/mol. The third-order valence-corrected chi connectivity index (χ3v) is 3.57. The normalized spacial score (nSPS) is 19.5. The number of carbonyl (C=O) groups is 2. The molecule has 1 aromatic rings. The lowest BCUT2D eigenvalue weighted by Crippen LogP contribution is -2.54. The summed E-state index contributed by atoms with van der Waals surface area (Å²) in [7, 11) is 1.71. The van der Waals surface area contributed by atoms with Crippen molar-refractivity contribution in [2.45, 2.75) is 52.2 Å². The minimum Gasteiger partial charge on any atom is -0.441 e. The number of aromatic nitrogens is 1. The van der Waals surface area contributed by atoms with Crippen LogP contribution in [-0.2, 0) is 14.9 Å². The first-order valence-corrected chi connectivity index (χ1v) is 7.45. The highest BCUT2D eigenvalue weighted by Gasteiger charge is 2.37. The number of urea groups is 1. The number of hydrogen-bond acceptors (Lipinski definition) is 5. The zero-order valence-corrected chi connectivity index (χ0v) is 13.8. The van der Waals surface area contributed by atoms with Crippen LogP contribution in [0.5, 0.6) is 0 Å². The lowest BCUT2D eigenvalue weighted by Gasteiger charge is -2.37. The highest BCUT2D eigenvalue weighted by Crippen LogP contribution is 2.29. The summed E-state index contributed by atoms with van der Waals surface area (Å²) in [5, 5.41) is 3.99. The van der Waals surface area contributed by atoms with Crippen LogP contribution in [0, 0.1) is 0 Å². The van der Waals surface area contributed by atoms with Crippen LogP contribution in [0.2, 0.25) is 0 Å². The standard InChI is InChI=1S/C15H23N3O4/c1-6-13(19)21-12-7-8-17(5)14(20)18(12)11-9-10(22-16-11)15(2,3)4/h9,12H,6-8H2,1-5H3. The van der Waals surface area contributed by atoms with Crippen molar-refractivity contribution >= 4 is 17.8 Å². The predicted octanol–water partition coefficient (Wildman–Crippen LogP) is 2.51. The summed E-state index contributed by atoms with van der Waals surface area (Å²) in [6, 6.07) is 1.47. The average Bonchev–Trinajstić information content (AvgIpc) is 2.92. The average molecular weight is 309 g/mol. The van der Waals surface area contributed by atoms with Crippen LogP contribution >= 0.6 is 0 Å². The Bertz CT molecular complexity index is 561. The van der Waals surface area contributed by atoms with E-state index in [1.54, 1.807) is 24.9 Å². The lowest BCUT2D eigenvalue weighted by atomic mass is 9.93. The maximum Gasteiger partial charge on any atom is 0.328 e. The number of amides is 2. The molecule has 1 unspecified atom stereocenters. The molecule has 2 amide bonds. The molecule has 1 aliphatic heterocycles. The summed E-state index contributed by atoms with van der Waals surface area (Å²) in [4.78, 5) is 27.0. The highest BCUT2D eigenvalue weighted by atomic mass is 16.6. The van der Waals surface area contributed by atoms with E-state index in [2.05, 4.69) is 5.16 Å². The maximum atomic E-state index is 12.4. The molecular formula is C15H23N3O4. The summed E-state index contributed by atoms with van der Waals surface area (Å²) in [5.41, 5.74) is -0.217. The van der Waals surface area contributed by atoms with Gasteiger partial charge in [0.05, 0.1) is 0 Å². The van der Waals surface area contributed by atoms with Crippen LogP contribution in [0.1, 0.15) is 46.3 Å². The van der Waals surface area contributed by atoms with Gasteiger partial charge in [-0.2, -0.15) is 0 Å². The molecule has 0 N–H and O–H groups in total. The van der Waals surface area contributed by atoms with Crippen molar-refractivity contribution in [2.75, 3.05) is 18.5 Å². The van der Waals surface area contributed by atoms with Gasteiger partial charge in [-0.3, -0.25) is 4.79 Å². The van der Waals surface area contributed by atoms with Gasteiger partial charge in [0, 0.05) is 37.9 Å². The molecule has 7 heteroatoms. The fourth-order valence-corrected chi connectivity index (χ4v) is 2.16. The third kappa shape index (κ3) is 3.23. The minimum atomic E-state index is -0.644. The lowest BCUT2D eigenvalue weighted by molar-refractivity contribution is -0.149. The largest absolute Gasteiger partial charge is 0.441 e. The smallest absolute Gasteiger partial charge is 0.328 e. The van der Waals surface area contributed by atoms with Crippen molar-refractivity contribution < 1.29 is 18.8 Å². The van der Waals surface area contributed by atoms with Gasteiger partial charge in [-0.25, -0.2) is 9.69 Å². The van der Waals surface area contributed by atoms with Gasteiger partial charge in [0.1, 0.15) is 5.76 Å². The number of ether oxygens (including phenoxy) is 1. The molecular weight excluding hydrogens is 286 g/mol. The number of carbonyl (C=O) groups excluding carboxylic acids is 2. The van der Waals surface area contributed by atoms with E-state index in [1.807, 2.05) is 20.8 Å². The summed E-state index contributed by atoms with van der Waals surface area (Å²) >= 11 is 0. The quantitative estimate of drug-likeness (QED) is 0.802. The third-order valence-electron chi connectivity index (χ3n) is 3.57. The molecule has 1 saturated heterocycles. The number of nitrogens with zero attached hydrogens (tertiary/aromatic N) is 3. The minimum absolute atomic E-state index is 0.217. The Morgan fingerprint density at radius 2 is 2.18 bits per heavy atom.